The molecule has 0 aliphatic carbocycles. The Hall–Kier alpha value is -0.980. The zero-order valence-electron chi connectivity index (χ0n) is 9.42. The third-order valence-corrected chi connectivity index (χ3v) is 4.08. The maximum atomic E-state index is 8.87. The van der Waals surface area contributed by atoms with Crippen LogP contribution < -0.4 is 0 Å². The van der Waals surface area contributed by atoms with Crippen molar-refractivity contribution in [1.29, 1.82) is 5.26 Å². The van der Waals surface area contributed by atoms with Crippen molar-refractivity contribution < 1.29 is 0 Å². The van der Waals surface area contributed by atoms with Crippen LogP contribution in [0.4, 0.5) is 0 Å². The molecule has 2 nitrogen and oxygen atoms in total. The van der Waals surface area contributed by atoms with Crippen molar-refractivity contribution in [1.82, 2.24) is 4.98 Å². The summed E-state index contributed by atoms with van der Waals surface area (Å²) in [5.41, 5.74) is 2.13. The minimum atomic E-state index is 0.175. The van der Waals surface area contributed by atoms with Crippen LogP contribution in [0.5, 0.6) is 0 Å². The van der Waals surface area contributed by atoms with E-state index in [0.717, 1.165) is 11.1 Å². The highest BCUT2D eigenvalue weighted by Gasteiger charge is 2.13. The molecule has 0 unspecified atom stereocenters. The molecule has 19 heavy (non-hydrogen) atoms. The Morgan fingerprint density at radius 1 is 1.00 bits per heavy atom. The van der Waals surface area contributed by atoms with Crippen molar-refractivity contribution >= 4 is 46.4 Å². The van der Waals surface area contributed by atoms with Gasteiger partial charge in [0.05, 0.1) is 32.6 Å². The van der Waals surface area contributed by atoms with E-state index in [1.54, 1.807) is 18.3 Å². The van der Waals surface area contributed by atoms with E-state index in [4.69, 9.17) is 51.7 Å². The van der Waals surface area contributed by atoms with Crippen LogP contribution in [0.1, 0.15) is 5.56 Å². The maximum absolute atomic E-state index is 8.87. The lowest BCUT2D eigenvalue weighted by Gasteiger charge is -2.10. The number of hydrogen-bond acceptors (Lipinski definition) is 2. The monoisotopic (exact) mass is 330 g/mol. The van der Waals surface area contributed by atoms with Crippen LogP contribution in [0.2, 0.25) is 20.1 Å². The van der Waals surface area contributed by atoms with Gasteiger partial charge in [0.1, 0.15) is 0 Å². The fourth-order valence-corrected chi connectivity index (χ4v) is 2.50. The standard InChI is InChI=1S/C13H6Cl4N2/c14-10-3-7(4-11(15)13(10)17)9-5-19-6-12(16)8(9)1-2-18/h3-6H,1H2. The quantitative estimate of drug-likeness (QED) is 0.688. The van der Waals surface area contributed by atoms with Gasteiger partial charge in [-0.15, -0.1) is 0 Å². The minimum Gasteiger partial charge on any atom is -0.263 e. The first-order chi connectivity index (χ1) is 9.04. The number of aromatic nitrogens is 1. The molecule has 1 heterocycles. The van der Waals surface area contributed by atoms with E-state index >= 15 is 0 Å². The molecule has 6 heteroatoms. The summed E-state index contributed by atoms with van der Waals surface area (Å²) in [4.78, 5) is 4.02. The molecular formula is C13H6Cl4N2. The molecule has 0 atom stereocenters. The van der Waals surface area contributed by atoms with Gasteiger partial charge in [-0.25, -0.2) is 0 Å². The Morgan fingerprint density at radius 3 is 2.21 bits per heavy atom. The zero-order valence-corrected chi connectivity index (χ0v) is 12.4. The summed E-state index contributed by atoms with van der Waals surface area (Å²) in [6.45, 7) is 0. The zero-order chi connectivity index (χ0) is 14.0. The van der Waals surface area contributed by atoms with Crippen LogP contribution in [0.3, 0.4) is 0 Å². The topological polar surface area (TPSA) is 36.7 Å². The summed E-state index contributed by atoms with van der Waals surface area (Å²) in [6.07, 6.45) is 3.29. The van der Waals surface area contributed by atoms with E-state index in [9.17, 15) is 0 Å². The molecule has 2 aromatic rings. The Balaban J connectivity index is 2.66. The Morgan fingerprint density at radius 2 is 1.63 bits per heavy atom. The van der Waals surface area contributed by atoms with Gasteiger partial charge in [-0.3, -0.25) is 4.98 Å². The van der Waals surface area contributed by atoms with Crippen LogP contribution in [-0.2, 0) is 6.42 Å². The third-order valence-electron chi connectivity index (χ3n) is 2.56. The normalized spacial score (nSPS) is 10.3. The van der Waals surface area contributed by atoms with Gasteiger partial charge < -0.3 is 0 Å². The molecule has 0 spiro atoms. The molecule has 0 aliphatic heterocycles. The molecule has 96 valence electrons. The van der Waals surface area contributed by atoms with E-state index in [0.29, 0.717) is 25.7 Å². The van der Waals surface area contributed by atoms with E-state index in [-0.39, 0.29) is 6.42 Å². The van der Waals surface area contributed by atoms with Crippen molar-refractivity contribution in [2.75, 3.05) is 0 Å². The van der Waals surface area contributed by atoms with Crippen LogP contribution >= 0.6 is 46.4 Å². The van der Waals surface area contributed by atoms with Gasteiger partial charge in [-0.2, -0.15) is 5.26 Å². The lowest BCUT2D eigenvalue weighted by molar-refractivity contribution is 1.21. The second-order valence-corrected chi connectivity index (χ2v) is 5.34. The number of nitriles is 1. The lowest BCUT2D eigenvalue weighted by Crippen LogP contribution is -1.92. The second kappa shape index (κ2) is 5.98. The van der Waals surface area contributed by atoms with Gasteiger partial charge in [-0.05, 0) is 23.3 Å². The van der Waals surface area contributed by atoms with Gasteiger partial charge >= 0.3 is 0 Å². The molecule has 0 aliphatic rings. The van der Waals surface area contributed by atoms with Crippen LogP contribution in [0.25, 0.3) is 11.1 Å². The Labute approximate surface area is 130 Å². The molecule has 0 amide bonds. The van der Waals surface area contributed by atoms with Crippen molar-refractivity contribution in [3.05, 3.63) is 50.2 Å². The van der Waals surface area contributed by atoms with Gasteiger partial charge in [0.25, 0.3) is 0 Å². The number of nitrogens with zero attached hydrogens (tertiary/aromatic N) is 2. The number of rotatable bonds is 2. The first-order valence-corrected chi connectivity index (χ1v) is 6.70. The highest BCUT2D eigenvalue weighted by Crippen LogP contribution is 2.37. The van der Waals surface area contributed by atoms with E-state index in [1.807, 2.05) is 0 Å². The first-order valence-electron chi connectivity index (χ1n) is 5.19. The predicted octanol–water partition coefficient (Wildman–Crippen LogP) is 5.43. The first kappa shape index (κ1) is 14.4. The van der Waals surface area contributed by atoms with Crippen LogP contribution in [0.15, 0.2) is 24.5 Å². The largest absolute Gasteiger partial charge is 0.263 e. The molecule has 0 radical (unpaired) electrons. The molecule has 0 bridgehead atoms. The summed E-state index contributed by atoms with van der Waals surface area (Å²) >= 11 is 24.0. The third kappa shape index (κ3) is 2.96. The van der Waals surface area contributed by atoms with Crippen molar-refractivity contribution in [3.63, 3.8) is 0 Å². The average molecular weight is 332 g/mol. The number of hydrogen-bond donors (Lipinski definition) is 0. The molecule has 0 N–H and O–H groups in total. The molecule has 1 aromatic carbocycles. The Kier molecular flexibility index (Phi) is 4.54. The number of pyridine rings is 1. The Bertz CT molecular complexity index is 654. The van der Waals surface area contributed by atoms with E-state index in [1.165, 1.54) is 6.20 Å². The fraction of sp³-hybridized carbons (Fsp3) is 0.0769. The SMILES string of the molecule is N#CCc1c(Cl)cncc1-c1cc(Cl)c(Cl)c(Cl)c1. The summed E-state index contributed by atoms with van der Waals surface area (Å²) in [6, 6.07) is 5.41. The van der Waals surface area contributed by atoms with E-state index in [2.05, 4.69) is 11.1 Å². The molecule has 2 rings (SSSR count). The maximum Gasteiger partial charge on any atom is 0.0778 e. The molecule has 0 fully saturated rings. The predicted molar refractivity (Wildman–Crippen MR) is 79.0 cm³/mol. The fourth-order valence-electron chi connectivity index (χ4n) is 1.68. The van der Waals surface area contributed by atoms with Gasteiger partial charge in [0, 0.05) is 18.0 Å². The van der Waals surface area contributed by atoms with Crippen molar-refractivity contribution in [2.24, 2.45) is 0 Å². The second-order valence-electron chi connectivity index (χ2n) is 3.74. The summed E-state index contributed by atoms with van der Waals surface area (Å²) in [5.74, 6) is 0. The minimum absolute atomic E-state index is 0.175. The summed E-state index contributed by atoms with van der Waals surface area (Å²) in [5, 5.41) is 10.3. The molecule has 0 saturated carbocycles. The molecule has 1 aromatic heterocycles. The van der Waals surface area contributed by atoms with Gasteiger partial charge in [0.2, 0.25) is 0 Å². The van der Waals surface area contributed by atoms with Crippen molar-refractivity contribution in [2.45, 2.75) is 6.42 Å². The van der Waals surface area contributed by atoms with Crippen LogP contribution in [-0.4, -0.2) is 4.98 Å². The lowest BCUT2D eigenvalue weighted by atomic mass is 10.0. The van der Waals surface area contributed by atoms with E-state index < -0.39 is 0 Å². The summed E-state index contributed by atoms with van der Waals surface area (Å²) in [7, 11) is 0. The van der Waals surface area contributed by atoms with Crippen LogP contribution in [0, 0.1) is 11.3 Å². The van der Waals surface area contributed by atoms with Crippen molar-refractivity contribution in [3.8, 4) is 17.2 Å². The highest BCUT2D eigenvalue weighted by atomic mass is 35.5. The summed E-state index contributed by atoms with van der Waals surface area (Å²) < 4.78 is 0. The van der Waals surface area contributed by atoms with Gasteiger partial charge in [-0.1, -0.05) is 46.4 Å². The average Bonchev–Trinajstić information content (AvgIpc) is 2.38. The number of benzene rings is 1. The van der Waals surface area contributed by atoms with Gasteiger partial charge in [0.15, 0.2) is 0 Å². The number of halogens is 4. The highest BCUT2D eigenvalue weighted by molar-refractivity contribution is 6.48. The molecular weight excluding hydrogens is 326 g/mol. The molecule has 0 saturated heterocycles. The smallest absolute Gasteiger partial charge is 0.0778 e.